The Hall–Kier alpha value is -1.01. The molecular weight excluding hydrogens is 275 g/mol. The Kier molecular flexibility index (Phi) is 9.17. The Balaban J connectivity index is 0.00000106. The van der Waals surface area contributed by atoms with Gasteiger partial charge in [0.1, 0.15) is 6.61 Å². The smallest absolute Gasteiger partial charge is 0.107 e. The topological polar surface area (TPSA) is 47.9 Å². The highest BCUT2D eigenvalue weighted by atomic mass is 19.1. The largest absolute Gasteiger partial charge is 0.255 e. The summed E-state index contributed by atoms with van der Waals surface area (Å²) >= 11 is 0. The molecule has 0 aromatic heterocycles. The van der Waals surface area contributed by atoms with Crippen LogP contribution in [0, 0.1) is 5.92 Å². The summed E-state index contributed by atoms with van der Waals surface area (Å²) < 4.78 is 9.50. The molecule has 1 unspecified atom stereocenters. The molecule has 1 saturated carbocycles. The second-order valence-corrected chi connectivity index (χ2v) is 5.19. The lowest BCUT2D eigenvalue weighted by molar-refractivity contribution is -0.340. The third-order valence-corrected chi connectivity index (χ3v) is 3.82. The molecule has 0 bridgehead atoms. The maximum Gasteiger partial charge on any atom is 0.107 e. The first-order valence-corrected chi connectivity index (χ1v) is 7.30. The van der Waals surface area contributed by atoms with Crippen LogP contribution in [0.4, 0.5) is 4.39 Å². The lowest BCUT2D eigenvalue weighted by Crippen LogP contribution is -2.28. The van der Waals surface area contributed by atoms with Gasteiger partial charge in [0.15, 0.2) is 0 Å². The summed E-state index contributed by atoms with van der Waals surface area (Å²) in [5.74, 6) is 0.416. The van der Waals surface area contributed by atoms with Crippen molar-refractivity contribution in [2.75, 3.05) is 7.18 Å². The van der Waals surface area contributed by atoms with Gasteiger partial charge in [0, 0.05) is 0 Å². The lowest BCUT2D eigenvalue weighted by atomic mass is 9.84. The van der Waals surface area contributed by atoms with Gasteiger partial charge >= 0.3 is 0 Å². The minimum Gasteiger partial charge on any atom is -0.255 e. The van der Waals surface area contributed by atoms with Crippen LogP contribution in [0.5, 0.6) is 0 Å². The Morgan fingerprint density at radius 2 is 1.76 bits per heavy atom. The van der Waals surface area contributed by atoms with E-state index >= 15 is 0 Å². The number of hydrogen-bond donors (Lipinski definition) is 1. The van der Waals surface area contributed by atoms with Crippen LogP contribution in [0.1, 0.15) is 38.2 Å². The van der Waals surface area contributed by atoms with E-state index in [9.17, 15) is 4.39 Å². The number of rotatable bonds is 6. The van der Waals surface area contributed by atoms with Crippen LogP contribution in [0.15, 0.2) is 30.3 Å². The fraction of sp³-hybridized carbons (Fsp3) is 0.625. The summed E-state index contributed by atoms with van der Waals surface area (Å²) in [4.78, 5) is 15.1. The summed E-state index contributed by atoms with van der Waals surface area (Å²) in [5, 5.41) is 8.66. The van der Waals surface area contributed by atoms with Gasteiger partial charge in [-0.1, -0.05) is 30.3 Å². The van der Waals surface area contributed by atoms with E-state index in [2.05, 4.69) is 4.89 Å². The van der Waals surface area contributed by atoms with Crippen LogP contribution in [-0.4, -0.2) is 24.6 Å². The summed E-state index contributed by atoms with van der Waals surface area (Å²) in [7, 11) is 0.500. The van der Waals surface area contributed by atoms with E-state index in [0.717, 1.165) is 31.2 Å². The standard InChI is InChI=1S/C15H22O4.CH3F/c1-12(18-16)14-7-9-15(10-8-14)19-17-11-13-5-3-2-4-6-13;1-2/h2-6,12,14-16H,7-11H2,1H3;1H3. The monoisotopic (exact) mass is 300 g/mol. The van der Waals surface area contributed by atoms with Gasteiger partial charge in [0.05, 0.1) is 19.4 Å². The molecule has 0 heterocycles. The van der Waals surface area contributed by atoms with Crippen LogP contribution in [0.2, 0.25) is 0 Å². The van der Waals surface area contributed by atoms with Gasteiger partial charge in [-0.2, -0.15) is 0 Å². The molecule has 1 aliphatic carbocycles. The van der Waals surface area contributed by atoms with Crippen molar-refractivity contribution in [2.24, 2.45) is 5.92 Å². The molecule has 0 aliphatic heterocycles. The average Bonchev–Trinajstić information content (AvgIpc) is 2.57. The number of benzene rings is 1. The van der Waals surface area contributed by atoms with Gasteiger partial charge in [-0.3, -0.25) is 9.65 Å². The van der Waals surface area contributed by atoms with Crippen molar-refractivity contribution >= 4 is 0 Å². The van der Waals surface area contributed by atoms with Gasteiger partial charge in [-0.15, -0.1) is 0 Å². The maximum atomic E-state index is 9.50. The first-order chi connectivity index (χ1) is 10.3. The summed E-state index contributed by atoms with van der Waals surface area (Å²) in [6.45, 7) is 2.38. The zero-order valence-corrected chi connectivity index (χ0v) is 12.7. The van der Waals surface area contributed by atoms with E-state index in [1.54, 1.807) is 0 Å². The van der Waals surface area contributed by atoms with E-state index in [0.29, 0.717) is 19.7 Å². The van der Waals surface area contributed by atoms with Gasteiger partial charge < -0.3 is 0 Å². The van der Waals surface area contributed by atoms with Crippen LogP contribution in [-0.2, 0) is 21.3 Å². The summed E-state index contributed by atoms with van der Waals surface area (Å²) in [6.07, 6.45) is 3.97. The lowest BCUT2D eigenvalue weighted by Gasteiger charge is -2.29. The molecule has 120 valence electrons. The molecule has 5 heteroatoms. The SMILES string of the molecule is CC(OO)C1CCC(OOCc2ccccc2)CC1.CF. The van der Waals surface area contributed by atoms with Gasteiger partial charge in [0.25, 0.3) is 0 Å². The number of halogens is 1. The van der Waals surface area contributed by atoms with E-state index in [4.69, 9.17) is 15.0 Å². The highest BCUT2D eigenvalue weighted by Gasteiger charge is 2.26. The van der Waals surface area contributed by atoms with Crippen molar-refractivity contribution in [3.05, 3.63) is 35.9 Å². The third-order valence-electron chi connectivity index (χ3n) is 3.82. The minimum absolute atomic E-state index is 0.0915. The van der Waals surface area contributed by atoms with E-state index in [-0.39, 0.29) is 12.2 Å². The van der Waals surface area contributed by atoms with E-state index in [1.807, 2.05) is 37.3 Å². The molecule has 0 amide bonds. The van der Waals surface area contributed by atoms with Crippen molar-refractivity contribution in [2.45, 2.75) is 51.4 Å². The second-order valence-electron chi connectivity index (χ2n) is 5.19. The average molecular weight is 300 g/mol. The van der Waals surface area contributed by atoms with Crippen molar-refractivity contribution < 1.29 is 24.3 Å². The van der Waals surface area contributed by atoms with Crippen LogP contribution in [0.25, 0.3) is 0 Å². The summed E-state index contributed by atoms with van der Waals surface area (Å²) in [6, 6.07) is 9.98. The van der Waals surface area contributed by atoms with E-state index in [1.165, 1.54) is 0 Å². The Morgan fingerprint density at radius 3 is 2.33 bits per heavy atom. The molecule has 1 aromatic rings. The molecule has 1 fully saturated rings. The zero-order valence-electron chi connectivity index (χ0n) is 12.7. The van der Waals surface area contributed by atoms with Crippen LogP contribution >= 0.6 is 0 Å². The Morgan fingerprint density at radius 1 is 1.14 bits per heavy atom. The number of alkyl halides is 1. The molecular formula is C16H25FO4. The Labute approximate surface area is 125 Å². The number of hydrogen-bond acceptors (Lipinski definition) is 4. The second kappa shape index (κ2) is 10.7. The molecule has 1 atom stereocenters. The van der Waals surface area contributed by atoms with E-state index < -0.39 is 0 Å². The molecule has 0 spiro atoms. The molecule has 1 N–H and O–H groups in total. The van der Waals surface area contributed by atoms with Crippen molar-refractivity contribution in [1.82, 2.24) is 0 Å². The zero-order chi connectivity index (χ0) is 15.5. The Bertz CT molecular complexity index is 353. The van der Waals surface area contributed by atoms with Gasteiger partial charge in [-0.25, -0.2) is 14.7 Å². The highest BCUT2D eigenvalue weighted by molar-refractivity contribution is 5.13. The highest BCUT2D eigenvalue weighted by Crippen LogP contribution is 2.29. The minimum atomic E-state index is -0.0915. The third kappa shape index (κ3) is 6.52. The summed E-state index contributed by atoms with van der Waals surface area (Å²) in [5.41, 5.74) is 1.11. The quantitative estimate of drug-likeness (QED) is 0.633. The molecule has 4 nitrogen and oxygen atoms in total. The molecule has 21 heavy (non-hydrogen) atoms. The first kappa shape index (κ1) is 18.0. The van der Waals surface area contributed by atoms with Crippen molar-refractivity contribution in [3.63, 3.8) is 0 Å². The van der Waals surface area contributed by atoms with Crippen LogP contribution < -0.4 is 0 Å². The maximum absolute atomic E-state index is 9.50. The fourth-order valence-corrected chi connectivity index (χ4v) is 2.51. The van der Waals surface area contributed by atoms with Gasteiger partial charge in [-0.05, 0) is 44.1 Å². The first-order valence-electron chi connectivity index (χ1n) is 7.30. The molecule has 1 aromatic carbocycles. The van der Waals surface area contributed by atoms with Crippen molar-refractivity contribution in [3.8, 4) is 0 Å². The molecule has 0 radical (unpaired) electrons. The fourth-order valence-electron chi connectivity index (χ4n) is 2.51. The molecule has 1 aliphatic rings. The van der Waals surface area contributed by atoms with Crippen molar-refractivity contribution in [1.29, 1.82) is 0 Å². The van der Waals surface area contributed by atoms with Crippen LogP contribution in [0.3, 0.4) is 0 Å². The molecule has 0 saturated heterocycles. The predicted molar refractivity (Wildman–Crippen MR) is 78.3 cm³/mol. The molecule has 2 rings (SSSR count). The van der Waals surface area contributed by atoms with Gasteiger partial charge in [0.2, 0.25) is 0 Å². The normalized spacial score (nSPS) is 23.0. The predicted octanol–water partition coefficient (Wildman–Crippen LogP) is 4.16.